The van der Waals surface area contributed by atoms with Gasteiger partial charge >= 0.3 is 0 Å². The zero-order chi connectivity index (χ0) is 25.6. The highest BCUT2D eigenvalue weighted by atomic mass is 32.2. The monoisotopic (exact) mass is 512 g/mol. The maximum Gasteiger partial charge on any atom is 0.225 e. The Labute approximate surface area is 224 Å². The first-order chi connectivity index (χ1) is 17.4. The van der Waals surface area contributed by atoms with E-state index in [4.69, 9.17) is 0 Å². The van der Waals surface area contributed by atoms with Crippen LogP contribution in [0.15, 0.2) is 64.4 Å². The summed E-state index contributed by atoms with van der Waals surface area (Å²) in [7, 11) is 4.23. The molecule has 7 heteroatoms. The maximum absolute atomic E-state index is 13.5. The molecule has 1 radical (unpaired) electrons. The molecule has 1 N–H and O–H groups in total. The topological polar surface area (TPSA) is 47.4 Å². The summed E-state index contributed by atoms with van der Waals surface area (Å²) >= 11 is 6.14. The Bertz CT molecular complexity index is 1310. The third-order valence-corrected chi connectivity index (χ3v) is 8.81. The molecule has 3 aromatic carbocycles. The Morgan fingerprint density at radius 3 is 1.92 bits per heavy atom. The van der Waals surface area contributed by atoms with Crippen molar-refractivity contribution in [3.05, 3.63) is 76.9 Å². The standard InChI is InChI=1S/C29H31BN3OS2/c1-5-13-32(3)19-8-11-22-25(16-19)36-26-17-20(33(4)14-6-2)9-12-23(26)29(22)24-15-18(30-35)7-10-21(24)27(34)28(29)31/h7-12,15-17,31,35H,5-6,13-14H2,1-4H3. The van der Waals surface area contributed by atoms with Crippen LogP contribution >= 0.6 is 24.2 Å². The quantitative estimate of drug-likeness (QED) is 0.321. The van der Waals surface area contributed by atoms with E-state index in [1.54, 1.807) is 18.3 Å². The van der Waals surface area contributed by atoms with Gasteiger partial charge in [-0.15, -0.1) is 0 Å². The number of Topliss-reactive ketones (excluding diaryl/α,β-unsaturated/α-hetero) is 1. The highest BCUT2D eigenvalue weighted by Crippen LogP contribution is 2.57. The number of nitrogens with zero attached hydrogens (tertiary/aromatic N) is 2. The van der Waals surface area contributed by atoms with Crippen LogP contribution in [0.1, 0.15) is 53.7 Å². The van der Waals surface area contributed by atoms with Crippen LogP contribution in [0.4, 0.5) is 11.4 Å². The highest BCUT2D eigenvalue weighted by molar-refractivity contribution is 8.08. The molecule has 183 valence electrons. The lowest BCUT2D eigenvalue weighted by atomic mass is 9.68. The van der Waals surface area contributed by atoms with E-state index in [1.807, 2.05) is 18.2 Å². The second kappa shape index (κ2) is 9.68. The lowest BCUT2D eigenvalue weighted by Gasteiger charge is -2.39. The number of carbonyl (C=O) groups excluding carboxylic acids is 1. The van der Waals surface area contributed by atoms with Crippen LogP contribution in [0.25, 0.3) is 0 Å². The Kier molecular flexibility index (Phi) is 6.73. The molecule has 0 aromatic heterocycles. The van der Waals surface area contributed by atoms with Gasteiger partial charge in [-0.25, -0.2) is 12.5 Å². The van der Waals surface area contributed by atoms with Crippen LogP contribution in [0.2, 0.25) is 0 Å². The second-order valence-corrected chi connectivity index (χ2v) is 11.0. The van der Waals surface area contributed by atoms with Gasteiger partial charge in [0.1, 0.15) is 0 Å². The summed E-state index contributed by atoms with van der Waals surface area (Å²) in [5, 5.41) is 9.27. The second-order valence-electron chi connectivity index (χ2n) is 9.69. The molecule has 2 aliphatic rings. The molecule has 0 amide bonds. The van der Waals surface area contributed by atoms with Gasteiger partial charge in [-0.2, -0.15) is 0 Å². The zero-order valence-corrected chi connectivity index (χ0v) is 23.0. The van der Waals surface area contributed by atoms with E-state index in [9.17, 15) is 10.2 Å². The van der Waals surface area contributed by atoms with E-state index in [0.717, 1.165) is 69.3 Å². The van der Waals surface area contributed by atoms with E-state index in [-0.39, 0.29) is 11.5 Å². The Balaban J connectivity index is 1.80. The Hall–Kier alpha value is -2.64. The minimum absolute atomic E-state index is 0.126. The van der Waals surface area contributed by atoms with Crippen molar-refractivity contribution in [2.24, 2.45) is 0 Å². The van der Waals surface area contributed by atoms with Crippen molar-refractivity contribution in [2.45, 2.75) is 41.9 Å². The van der Waals surface area contributed by atoms with Crippen LogP contribution < -0.4 is 15.3 Å². The molecule has 3 aromatic rings. The molecule has 5 rings (SSSR count). The molecular weight excluding hydrogens is 481 g/mol. The lowest BCUT2D eigenvalue weighted by Crippen LogP contribution is -2.39. The smallest absolute Gasteiger partial charge is 0.225 e. The van der Waals surface area contributed by atoms with Gasteiger partial charge in [0, 0.05) is 53.9 Å². The molecule has 0 saturated carbocycles. The van der Waals surface area contributed by atoms with Crippen molar-refractivity contribution < 1.29 is 4.79 Å². The Morgan fingerprint density at radius 2 is 1.42 bits per heavy atom. The molecule has 0 saturated heterocycles. The molecule has 1 aliphatic carbocycles. The summed E-state index contributed by atoms with van der Waals surface area (Å²) in [5.74, 6) is -0.195. The average molecular weight is 513 g/mol. The van der Waals surface area contributed by atoms with E-state index in [0.29, 0.717) is 5.56 Å². The molecule has 1 aliphatic heterocycles. The largest absolute Gasteiger partial charge is 0.375 e. The van der Waals surface area contributed by atoms with Gasteiger partial charge in [0.2, 0.25) is 12.3 Å². The molecular formula is C29H31BN3OS2. The van der Waals surface area contributed by atoms with Crippen molar-refractivity contribution in [3.63, 3.8) is 0 Å². The summed E-state index contributed by atoms with van der Waals surface area (Å²) in [6, 6.07) is 18.8. The number of benzene rings is 3. The van der Waals surface area contributed by atoms with Crippen molar-refractivity contribution >= 4 is 59.1 Å². The van der Waals surface area contributed by atoms with Gasteiger partial charge in [-0.1, -0.05) is 61.4 Å². The van der Waals surface area contributed by atoms with Gasteiger partial charge in [-0.3, -0.25) is 10.2 Å². The molecule has 0 atom stereocenters. The summed E-state index contributed by atoms with van der Waals surface area (Å²) in [5.41, 5.74) is 5.94. The molecule has 0 bridgehead atoms. The SMILES string of the molecule is CCCN(C)c1ccc2c(c1)Sc1cc(N(C)CCC)ccc1C21C(=N)C(=O)c2ccc([B]S)cc21. The number of anilines is 2. The van der Waals surface area contributed by atoms with Gasteiger partial charge < -0.3 is 9.80 Å². The first-order valence-corrected chi connectivity index (χ1v) is 13.8. The predicted octanol–water partition coefficient (Wildman–Crippen LogP) is 5.57. The van der Waals surface area contributed by atoms with Gasteiger partial charge in [0.05, 0.1) is 11.1 Å². The van der Waals surface area contributed by atoms with Gasteiger partial charge in [0.25, 0.3) is 0 Å². The number of thiol groups is 1. The number of rotatable bonds is 7. The molecule has 0 unspecified atom stereocenters. The van der Waals surface area contributed by atoms with Crippen LogP contribution in [-0.4, -0.2) is 45.2 Å². The molecule has 36 heavy (non-hydrogen) atoms. The molecule has 1 heterocycles. The van der Waals surface area contributed by atoms with E-state index >= 15 is 0 Å². The van der Waals surface area contributed by atoms with E-state index in [2.05, 4.69) is 86.6 Å². The number of hydrogen-bond acceptors (Lipinski definition) is 6. The van der Waals surface area contributed by atoms with Crippen molar-refractivity contribution in [3.8, 4) is 0 Å². The fraction of sp³-hybridized carbons (Fsp3) is 0.310. The summed E-state index contributed by atoms with van der Waals surface area (Å²) in [6.07, 6.45) is 2.13. The van der Waals surface area contributed by atoms with Gasteiger partial charge in [-0.05, 0) is 53.8 Å². The molecule has 0 fully saturated rings. The van der Waals surface area contributed by atoms with E-state index < -0.39 is 5.41 Å². The van der Waals surface area contributed by atoms with E-state index in [1.165, 1.54) is 0 Å². The highest BCUT2D eigenvalue weighted by Gasteiger charge is 2.54. The fourth-order valence-corrected chi connectivity index (χ4v) is 7.05. The third kappa shape index (κ3) is 3.70. The normalized spacial score (nSPS) is 14.9. The van der Waals surface area contributed by atoms with Crippen LogP contribution in [0.3, 0.4) is 0 Å². The van der Waals surface area contributed by atoms with Crippen LogP contribution in [-0.2, 0) is 5.41 Å². The van der Waals surface area contributed by atoms with Crippen molar-refractivity contribution in [1.82, 2.24) is 0 Å². The lowest BCUT2D eigenvalue weighted by molar-refractivity contribution is 0.106. The first-order valence-electron chi connectivity index (χ1n) is 12.5. The molecule has 4 nitrogen and oxygen atoms in total. The predicted molar refractivity (Wildman–Crippen MR) is 157 cm³/mol. The average Bonchev–Trinajstić information content (AvgIpc) is 3.10. The number of nitrogens with one attached hydrogen (secondary N) is 1. The molecule has 1 spiro atoms. The van der Waals surface area contributed by atoms with Crippen molar-refractivity contribution in [1.29, 1.82) is 5.41 Å². The minimum atomic E-state index is -0.932. The number of ketones is 1. The number of fused-ring (bicyclic) bond motifs is 6. The van der Waals surface area contributed by atoms with Crippen LogP contribution in [0, 0.1) is 5.41 Å². The first kappa shape index (κ1) is 25.0. The maximum atomic E-state index is 13.5. The summed E-state index contributed by atoms with van der Waals surface area (Å²) in [6.45, 7) is 8.06. The van der Waals surface area contributed by atoms with Crippen LogP contribution in [0.5, 0.6) is 0 Å². The summed E-state index contributed by atoms with van der Waals surface area (Å²) < 4.78 is 0. The van der Waals surface area contributed by atoms with Gasteiger partial charge in [0.15, 0.2) is 0 Å². The third-order valence-electron chi connectivity index (χ3n) is 7.40. The Morgan fingerprint density at radius 1 is 0.861 bits per heavy atom. The zero-order valence-electron chi connectivity index (χ0n) is 21.3. The van der Waals surface area contributed by atoms with Crippen molar-refractivity contribution in [2.75, 3.05) is 37.0 Å². The number of hydrogen-bond donors (Lipinski definition) is 2. The fourth-order valence-electron chi connectivity index (χ4n) is 5.63. The number of carbonyl (C=O) groups is 1. The summed E-state index contributed by atoms with van der Waals surface area (Å²) in [4.78, 5) is 20.3. The minimum Gasteiger partial charge on any atom is -0.375 e.